The van der Waals surface area contributed by atoms with Crippen LogP contribution < -0.4 is 5.73 Å². The van der Waals surface area contributed by atoms with Crippen LogP contribution in [0.5, 0.6) is 5.88 Å². The average molecular weight is 328 g/mol. The number of hydrogen-bond acceptors (Lipinski definition) is 5. The first-order valence-electron chi connectivity index (χ1n) is 7.97. The van der Waals surface area contributed by atoms with Crippen LogP contribution in [0.25, 0.3) is 33.5 Å². The molecule has 0 radical (unpaired) electrons. The summed E-state index contributed by atoms with van der Waals surface area (Å²) in [7, 11) is 0. The van der Waals surface area contributed by atoms with Gasteiger partial charge in [0.15, 0.2) is 5.52 Å². The molecule has 0 amide bonds. The van der Waals surface area contributed by atoms with Crippen molar-refractivity contribution in [3.63, 3.8) is 0 Å². The van der Waals surface area contributed by atoms with Crippen LogP contribution in [-0.4, -0.2) is 20.1 Å². The van der Waals surface area contributed by atoms with Gasteiger partial charge in [-0.1, -0.05) is 54.6 Å². The Balaban J connectivity index is 2.00. The predicted molar refractivity (Wildman–Crippen MR) is 97.8 cm³/mol. The van der Waals surface area contributed by atoms with Crippen molar-refractivity contribution in [3.05, 3.63) is 72.4 Å². The number of nitrogens with two attached hydrogens (primary N) is 1. The summed E-state index contributed by atoms with van der Waals surface area (Å²) >= 11 is 0. The highest BCUT2D eigenvalue weighted by Crippen LogP contribution is 2.32. The SMILES string of the molecule is NCc1ccc(-c2nc3ccnc(O)c3nc2-c2ccccc2)cc1. The first-order chi connectivity index (χ1) is 12.3. The molecule has 4 aromatic rings. The van der Waals surface area contributed by atoms with Gasteiger partial charge in [-0.25, -0.2) is 15.0 Å². The molecule has 0 saturated heterocycles. The second-order valence-electron chi connectivity index (χ2n) is 5.69. The Morgan fingerprint density at radius 2 is 1.48 bits per heavy atom. The molecule has 0 saturated carbocycles. The van der Waals surface area contributed by atoms with E-state index in [1.165, 1.54) is 6.20 Å². The van der Waals surface area contributed by atoms with Gasteiger partial charge in [0.25, 0.3) is 0 Å². The highest BCUT2D eigenvalue weighted by molar-refractivity contribution is 5.88. The molecule has 0 aliphatic rings. The van der Waals surface area contributed by atoms with Gasteiger partial charge < -0.3 is 10.8 Å². The molecule has 2 heterocycles. The molecule has 0 aliphatic heterocycles. The van der Waals surface area contributed by atoms with Crippen molar-refractivity contribution in [1.29, 1.82) is 0 Å². The van der Waals surface area contributed by atoms with E-state index in [1.54, 1.807) is 6.07 Å². The Kier molecular flexibility index (Phi) is 3.84. The van der Waals surface area contributed by atoms with Crippen molar-refractivity contribution in [2.24, 2.45) is 5.73 Å². The minimum atomic E-state index is -0.118. The van der Waals surface area contributed by atoms with E-state index in [9.17, 15) is 5.11 Å². The number of aromatic hydroxyl groups is 1. The summed E-state index contributed by atoms with van der Waals surface area (Å²) in [6.45, 7) is 0.495. The van der Waals surface area contributed by atoms with Crippen molar-refractivity contribution in [1.82, 2.24) is 15.0 Å². The van der Waals surface area contributed by atoms with E-state index < -0.39 is 0 Å². The molecule has 0 aliphatic carbocycles. The fourth-order valence-electron chi connectivity index (χ4n) is 2.77. The van der Waals surface area contributed by atoms with Crippen LogP contribution in [0.2, 0.25) is 0 Å². The molecule has 0 bridgehead atoms. The second-order valence-corrected chi connectivity index (χ2v) is 5.69. The quantitative estimate of drug-likeness (QED) is 0.601. The van der Waals surface area contributed by atoms with Gasteiger partial charge in [-0.3, -0.25) is 0 Å². The molecule has 25 heavy (non-hydrogen) atoms. The maximum absolute atomic E-state index is 10.0. The molecular weight excluding hydrogens is 312 g/mol. The van der Waals surface area contributed by atoms with Gasteiger partial charge in [0, 0.05) is 23.9 Å². The highest BCUT2D eigenvalue weighted by atomic mass is 16.3. The van der Waals surface area contributed by atoms with Gasteiger partial charge >= 0.3 is 0 Å². The number of hydrogen-bond donors (Lipinski definition) is 2. The summed E-state index contributed by atoms with van der Waals surface area (Å²) in [5, 5.41) is 10.0. The molecule has 0 spiro atoms. The molecule has 4 rings (SSSR count). The summed E-state index contributed by atoms with van der Waals surface area (Å²) in [5.74, 6) is -0.118. The predicted octanol–water partition coefficient (Wildman–Crippen LogP) is 3.52. The maximum Gasteiger partial charge on any atom is 0.239 e. The monoisotopic (exact) mass is 328 g/mol. The molecule has 2 aromatic carbocycles. The minimum absolute atomic E-state index is 0.118. The number of pyridine rings is 1. The van der Waals surface area contributed by atoms with E-state index in [-0.39, 0.29) is 5.88 Å². The third kappa shape index (κ3) is 2.81. The molecular formula is C20H16N4O. The van der Waals surface area contributed by atoms with Gasteiger partial charge in [-0.15, -0.1) is 0 Å². The Labute approximate surface area is 144 Å². The van der Waals surface area contributed by atoms with Crippen LogP contribution in [-0.2, 0) is 6.54 Å². The van der Waals surface area contributed by atoms with Crippen molar-refractivity contribution >= 4 is 11.0 Å². The van der Waals surface area contributed by atoms with E-state index in [2.05, 4.69) is 9.97 Å². The number of nitrogens with zero attached hydrogens (tertiary/aromatic N) is 3. The van der Waals surface area contributed by atoms with Crippen LogP contribution in [0, 0.1) is 0 Å². The van der Waals surface area contributed by atoms with Crippen molar-refractivity contribution < 1.29 is 5.11 Å². The molecule has 5 heteroatoms. The van der Waals surface area contributed by atoms with Crippen LogP contribution in [0.15, 0.2) is 66.9 Å². The van der Waals surface area contributed by atoms with Gasteiger partial charge in [0.2, 0.25) is 5.88 Å². The smallest absolute Gasteiger partial charge is 0.239 e. The Bertz CT molecular complexity index is 1030. The first-order valence-corrected chi connectivity index (χ1v) is 7.97. The lowest BCUT2D eigenvalue weighted by Crippen LogP contribution is -1.98. The fraction of sp³-hybridized carbons (Fsp3) is 0.0500. The van der Waals surface area contributed by atoms with Crippen LogP contribution in [0.1, 0.15) is 5.56 Å². The topological polar surface area (TPSA) is 84.9 Å². The molecule has 3 N–H and O–H groups in total. The van der Waals surface area contributed by atoms with Gasteiger partial charge in [-0.2, -0.15) is 0 Å². The number of aromatic nitrogens is 3. The molecule has 0 unspecified atom stereocenters. The average Bonchev–Trinajstić information content (AvgIpc) is 2.68. The Morgan fingerprint density at radius 1 is 0.800 bits per heavy atom. The van der Waals surface area contributed by atoms with Crippen molar-refractivity contribution in [2.75, 3.05) is 0 Å². The third-order valence-corrected chi connectivity index (χ3v) is 4.07. The molecule has 2 aromatic heterocycles. The normalized spacial score (nSPS) is 10.9. The van der Waals surface area contributed by atoms with E-state index in [1.807, 2.05) is 54.6 Å². The summed E-state index contributed by atoms with van der Waals surface area (Å²) in [5.41, 5.74) is 11.1. The molecule has 0 atom stereocenters. The largest absolute Gasteiger partial charge is 0.492 e. The van der Waals surface area contributed by atoms with Crippen molar-refractivity contribution in [3.8, 4) is 28.4 Å². The zero-order valence-corrected chi connectivity index (χ0v) is 13.4. The number of benzene rings is 2. The zero-order valence-electron chi connectivity index (χ0n) is 13.4. The lowest BCUT2D eigenvalue weighted by molar-refractivity contribution is 0.459. The van der Waals surface area contributed by atoms with E-state index >= 15 is 0 Å². The molecule has 122 valence electrons. The summed E-state index contributed by atoms with van der Waals surface area (Å²) in [6, 6.07) is 19.5. The van der Waals surface area contributed by atoms with E-state index in [0.29, 0.717) is 23.3 Å². The molecule has 5 nitrogen and oxygen atoms in total. The maximum atomic E-state index is 10.0. The summed E-state index contributed by atoms with van der Waals surface area (Å²) < 4.78 is 0. The third-order valence-electron chi connectivity index (χ3n) is 4.07. The van der Waals surface area contributed by atoms with Gasteiger partial charge in [0.05, 0.1) is 16.9 Å². The van der Waals surface area contributed by atoms with Crippen molar-refractivity contribution in [2.45, 2.75) is 6.54 Å². The van der Waals surface area contributed by atoms with Gasteiger partial charge in [0.1, 0.15) is 0 Å². The van der Waals surface area contributed by atoms with Crippen LogP contribution in [0.4, 0.5) is 0 Å². The summed E-state index contributed by atoms with van der Waals surface area (Å²) in [6.07, 6.45) is 1.52. The molecule has 0 fully saturated rings. The van der Waals surface area contributed by atoms with Crippen LogP contribution in [0.3, 0.4) is 0 Å². The van der Waals surface area contributed by atoms with Gasteiger partial charge in [-0.05, 0) is 11.6 Å². The standard InChI is InChI=1S/C20H16N4O/c21-12-13-6-8-15(9-7-13)17-18(14-4-2-1-3-5-14)24-19-16(23-17)10-11-22-20(19)25/h1-11H,12,21H2,(H,22,25). The summed E-state index contributed by atoms with van der Waals surface area (Å²) in [4.78, 5) is 13.3. The Morgan fingerprint density at radius 3 is 2.20 bits per heavy atom. The highest BCUT2D eigenvalue weighted by Gasteiger charge is 2.15. The number of fused-ring (bicyclic) bond motifs is 1. The van der Waals surface area contributed by atoms with Crippen LogP contribution >= 0.6 is 0 Å². The second kappa shape index (κ2) is 6.30. The Hall–Kier alpha value is -3.31. The van der Waals surface area contributed by atoms with E-state index in [0.717, 1.165) is 22.4 Å². The minimum Gasteiger partial charge on any atom is -0.492 e. The van der Waals surface area contributed by atoms with E-state index in [4.69, 9.17) is 10.7 Å². The number of rotatable bonds is 3. The first kappa shape index (κ1) is 15.2. The zero-order chi connectivity index (χ0) is 17.2. The fourth-order valence-corrected chi connectivity index (χ4v) is 2.77. The lowest BCUT2D eigenvalue weighted by atomic mass is 10.0. The lowest BCUT2D eigenvalue weighted by Gasteiger charge is -2.11.